The molecule has 3 rings (SSSR count). The average molecular weight is 364 g/mol. The minimum atomic E-state index is -0.198. The molecule has 2 aromatic carbocycles. The highest BCUT2D eigenvalue weighted by atomic mass is 35.5. The summed E-state index contributed by atoms with van der Waals surface area (Å²) in [6.07, 6.45) is 0. The van der Waals surface area contributed by atoms with Gasteiger partial charge in [0.05, 0.1) is 23.1 Å². The molecule has 126 valence electrons. The second kappa shape index (κ2) is 7.56. The van der Waals surface area contributed by atoms with Gasteiger partial charge in [0.15, 0.2) is 0 Å². The molecular formula is C19H19Cl2NO2. The summed E-state index contributed by atoms with van der Waals surface area (Å²) in [6.45, 7) is 2.27. The number of halogens is 2. The van der Waals surface area contributed by atoms with Gasteiger partial charge >= 0.3 is 5.97 Å². The molecule has 24 heavy (non-hydrogen) atoms. The summed E-state index contributed by atoms with van der Waals surface area (Å²) in [7, 11) is 1.44. The first-order valence-corrected chi connectivity index (χ1v) is 8.63. The normalized spacial score (nSPS) is 21.0. The van der Waals surface area contributed by atoms with Gasteiger partial charge in [-0.2, -0.15) is 0 Å². The highest BCUT2D eigenvalue weighted by Gasteiger charge is 2.39. The molecule has 0 bridgehead atoms. The van der Waals surface area contributed by atoms with Gasteiger partial charge in [0.25, 0.3) is 0 Å². The number of carbonyl (C=O) groups excluding carboxylic acids is 1. The van der Waals surface area contributed by atoms with Gasteiger partial charge in [-0.15, -0.1) is 0 Å². The van der Waals surface area contributed by atoms with Crippen LogP contribution in [0.25, 0.3) is 0 Å². The van der Waals surface area contributed by atoms with Crippen molar-refractivity contribution in [3.63, 3.8) is 0 Å². The molecule has 0 aromatic heterocycles. The monoisotopic (exact) mass is 363 g/mol. The van der Waals surface area contributed by atoms with E-state index in [1.54, 1.807) is 6.07 Å². The Bertz CT molecular complexity index is 721. The van der Waals surface area contributed by atoms with Crippen LogP contribution in [0.4, 0.5) is 0 Å². The molecule has 1 aliphatic heterocycles. The Kier molecular flexibility index (Phi) is 5.44. The molecule has 1 heterocycles. The van der Waals surface area contributed by atoms with Gasteiger partial charge in [-0.3, -0.25) is 9.69 Å². The van der Waals surface area contributed by atoms with E-state index >= 15 is 0 Å². The average Bonchev–Trinajstić information content (AvgIpc) is 3.01. The number of nitrogens with zero attached hydrogens (tertiary/aromatic N) is 1. The van der Waals surface area contributed by atoms with E-state index in [1.165, 1.54) is 12.7 Å². The van der Waals surface area contributed by atoms with Crippen molar-refractivity contribution in [1.29, 1.82) is 0 Å². The number of carbonyl (C=O) groups is 1. The molecule has 0 unspecified atom stereocenters. The van der Waals surface area contributed by atoms with Crippen molar-refractivity contribution in [3.8, 4) is 0 Å². The van der Waals surface area contributed by atoms with E-state index in [0.717, 1.165) is 18.7 Å². The van der Waals surface area contributed by atoms with Crippen molar-refractivity contribution in [2.24, 2.45) is 5.92 Å². The quantitative estimate of drug-likeness (QED) is 0.754. The number of benzene rings is 2. The Morgan fingerprint density at radius 2 is 1.88 bits per heavy atom. The molecule has 3 nitrogen and oxygen atoms in total. The van der Waals surface area contributed by atoms with Gasteiger partial charge in [0.1, 0.15) is 0 Å². The zero-order chi connectivity index (χ0) is 17.1. The molecule has 1 aliphatic rings. The van der Waals surface area contributed by atoms with E-state index in [2.05, 4.69) is 17.0 Å². The predicted octanol–water partition coefficient (Wildman–Crippen LogP) is 4.38. The Hall–Kier alpha value is -1.55. The number of hydrogen-bond acceptors (Lipinski definition) is 3. The van der Waals surface area contributed by atoms with Crippen LogP contribution in [0.15, 0.2) is 48.5 Å². The largest absolute Gasteiger partial charge is 0.469 e. The Morgan fingerprint density at radius 3 is 2.54 bits per heavy atom. The number of ether oxygens (including phenoxy) is 1. The Labute approximate surface area is 152 Å². The van der Waals surface area contributed by atoms with Crippen molar-refractivity contribution >= 4 is 29.2 Å². The van der Waals surface area contributed by atoms with Crippen molar-refractivity contribution < 1.29 is 9.53 Å². The number of rotatable bonds is 4. The summed E-state index contributed by atoms with van der Waals surface area (Å²) in [5.41, 5.74) is 2.26. The first kappa shape index (κ1) is 17.3. The maximum absolute atomic E-state index is 12.2. The summed E-state index contributed by atoms with van der Waals surface area (Å²) >= 11 is 12.2. The van der Waals surface area contributed by atoms with Gasteiger partial charge < -0.3 is 4.74 Å². The third-order valence-corrected chi connectivity index (χ3v) is 5.26. The fraction of sp³-hybridized carbons (Fsp3) is 0.316. The van der Waals surface area contributed by atoms with Crippen molar-refractivity contribution in [2.75, 3.05) is 20.2 Å². The van der Waals surface area contributed by atoms with E-state index in [0.29, 0.717) is 16.6 Å². The molecule has 0 spiro atoms. The molecule has 0 aliphatic carbocycles. The van der Waals surface area contributed by atoms with Crippen LogP contribution in [-0.4, -0.2) is 31.1 Å². The minimum absolute atomic E-state index is 0.0518. The number of hydrogen-bond donors (Lipinski definition) is 0. The molecule has 0 saturated carbocycles. The van der Waals surface area contributed by atoms with Gasteiger partial charge in [-0.25, -0.2) is 0 Å². The van der Waals surface area contributed by atoms with Crippen LogP contribution in [0, 0.1) is 5.92 Å². The summed E-state index contributed by atoms with van der Waals surface area (Å²) in [6, 6.07) is 15.8. The third kappa shape index (κ3) is 3.75. The van der Waals surface area contributed by atoms with Gasteiger partial charge in [0.2, 0.25) is 0 Å². The lowest BCUT2D eigenvalue weighted by Gasteiger charge is -2.17. The van der Waals surface area contributed by atoms with E-state index in [-0.39, 0.29) is 17.8 Å². The lowest BCUT2D eigenvalue weighted by atomic mass is 9.89. The van der Waals surface area contributed by atoms with E-state index in [1.807, 2.05) is 30.3 Å². The second-order valence-corrected chi connectivity index (χ2v) is 6.90. The maximum atomic E-state index is 12.2. The van der Waals surface area contributed by atoms with Crippen molar-refractivity contribution in [3.05, 3.63) is 69.7 Å². The molecule has 0 amide bonds. The van der Waals surface area contributed by atoms with E-state index in [9.17, 15) is 4.79 Å². The summed E-state index contributed by atoms with van der Waals surface area (Å²) in [5, 5.41) is 1.04. The first-order valence-electron chi connectivity index (χ1n) is 7.87. The second-order valence-electron chi connectivity index (χ2n) is 6.09. The van der Waals surface area contributed by atoms with Crippen LogP contribution in [0.2, 0.25) is 10.0 Å². The molecular weight excluding hydrogens is 345 g/mol. The molecule has 5 heteroatoms. The fourth-order valence-electron chi connectivity index (χ4n) is 3.33. The molecule has 2 aromatic rings. The van der Waals surface area contributed by atoms with Crippen LogP contribution in [-0.2, 0) is 16.1 Å². The molecule has 0 N–H and O–H groups in total. The van der Waals surface area contributed by atoms with E-state index < -0.39 is 0 Å². The zero-order valence-corrected chi connectivity index (χ0v) is 14.9. The highest BCUT2D eigenvalue weighted by Crippen LogP contribution is 2.36. The zero-order valence-electron chi connectivity index (χ0n) is 13.4. The summed E-state index contributed by atoms with van der Waals surface area (Å²) in [5.74, 6) is -0.325. The number of methoxy groups -OCH3 is 1. The lowest BCUT2D eigenvalue weighted by Crippen LogP contribution is -2.24. The number of likely N-dealkylation sites (tertiary alicyclic amines) is 1. The predicted molar refractivity (Wildman–Crippen MR) is 96.4 cm³/mol. The summed E-state index contributed by atoms with van der Waals surface area (Å²) in [4.78, 5) is 14.5. The van der Waals surface area contributed by atoms with Crippen LogP contribution in [0.3, 0.4) is 0 Å². The van der Waals surface area contributed by atoms with E-state index in [4.69, 9.17) is 27.9 Å². The van der Waals surface area contributed by atoms with Gasteiger partial charge in [-0.05, 0) is 23.3 Å². The lowest BCUT2D eigenvalue weighted by molar-refractivity contribution is -0.145. The third-order valence-electron chi connectivity index (χ3n) is 4.52. The topological polar surface area (TPSA) is 29.5 Å². The Balaban J connectivity index is 1.82. The fourth-order valence-corrected chi connectivity index (χ4v) is 3.63. The van der Waals surface area contributed by atoms with Crippen molar-refractivity contribution in [1.82, 2.24) is 4.90 Å². The van der Waals surface area contributed by atoms with Crippen LogP contribution in [0.1, 0.15) is 17.0 Å². The van der Waals surface area contributed by atoms with Crippen LogP contribution >= 0.6 is 23.2 Å². The molecule has 2 atom stereocenters. The Morgan fingerprint density at radius 1 is 1.12 bits per heavy atom. The molecule has 0 radical (unpaired) electrons. The highest BCUT2D eigenvalue weighted by molar-refractivity contribution is 6.42. The van der Waals surface area contributed by atoms with Gasteiger partial charge in [-0.1, -0.05) is 59.6 Å². The van der Waals surface area contributed by atoms with Crippen molar-refractivity contribution in [2.45, 2.75) is 12.5 Å². The SMILES string of the molecule is COC(=O)[C@@H]1CN(Cc2ccccc2)C[C@@H]1c1ccc(Cl)c(Cl)c1. The standard InChI is InChI=1S/C19H19Cl2NO2/c1-24-19(23)16-12-22(10-13-5-3-2-4-6-13)11-15(16)14-7-8-17(20)18(21)9-14/h2-9,15-16H,10-12H2,1H3/t15-,16-/m1/s1. The smallest absolute Gasteiger partial charge is 0.310 e. The minimum Gasteiger partial charge on any atom is -0.469 e. The maximum Gasteiger partial charge on any atom is 0.310 e. The molecule has 1 fully saturated rings. The van der Waals surface area contributed by atoms with Gasteiger partial charge in [0, 0.05) is 25.6 Å². The molecule has 1 saturated heterocycles. The number of esters is 1. The summed E-state index contributed by atoms with van der Waals surface area (Å²) < 4.78 is 5.01. The first-order chi connectivity index (χ1) is 11.6. The van der Waals surface area contributed by atoms with Crippen LogP contribution < -0.4 is 0 Å². The van der Waals surface area contributed by atoms with Crippen LogP contribution in [0.5, 0.6) is 0 Å².